The first-order valence-electron chi connectivity index (χ1n) is 13.4. The third-order valence-electron chi connectivity index (χ3n) is 6.58. The zero-order valence-corrected chi connectivity index (χ0v) is 21.2. The van der Waals surface area contributed by atoms with Crippen molar-refractivity contribution in [2.75, 3.05) is 0 Å². The molecule has 1 aromatic heterocycles. The Morgan fingerprint density at radius 1 is 0.588 bits per heavy atom. The van der Waals surface area contributed by atoms with Crippen LogP contribution in [0, 0.1) is 5.82 Å². The van der Waals surface area contributed by atoms with Crippen molar-refractivity contribution in [1.82, 2.24) is 9.97 Å². The van der Waals surface area contributed by atoms with Gasteiger partial charge in [0.25, 0.3) is 0 Å². The first-order chi connectivity index (χ1) is 16.7. The SMILES string of the molecule is CCCCCCCCc1ccc(-c2ccc(-c3ncc(CCCCCCC)cn3)cc2)c(F)c1. The lowest BCUT2D eigenvalue weighted by molar-refractivity contribution is 0.603. The van der Waals surface area contributed by atoms with E-state index < -0.39 is 0 Å². The van der Waals surface area contributed by atoms with Gasteiger partial charge in [0, 0.05) is 23.5 Å². The molecule has 182 valence electrons. The summed E-state index contributed by atoms with van der Waals surface area (Å²) in [5, 5.41) is 0. The number of aromatic nitrogens is 2. The summed E-state index contributed by atoms with van der Waals surface area (Å²) >= 11 is 0. The maximum Gasteiger partial charge on any atom is 0.159 e. The van der Waals surface area contributed by atoms with Crippen LogP contribution in [0.3, 0.4) is 0 Å². The second-order valence-electron chi connectivity index (χ2n) is 9.49. The van der Waals surface area contributed by atoms with Gasteiger partial charge in [-0.15, -0.1) is 0 Å². The highest BCUT2D eigenvalue weighted by atomic mass is 19.1. The van der Waals surface area contributed by atoms with Gasteiger partial charge in [-0.1, -0.05) is 108 Å². The number of unbranched alkanes of at least 4 members (excludes halogenated alkanes) is 9. The van der Waals surface area contributed by atoms with E-state index in [0.29, 0.717) is 5.56 Å². The summed E-state index contributed by atoms with van der Waals surface area (Å²) in [6, 6.07) is 13.6. The van der Waals surface area contributed by atoms with Crippen LogP contribution in [0.5, 0.6) is 0 Å². The van der Waals surface area contributed by atoms with Gasteiger partial charge in [0.1, 0.15) is 5.82 Å². The van der Waals surface area contributed by atoms with Gasteiger partial charge in [0.2, 0.25) is 0 Å². The fraction of sp³-hybridized carbons (Fsp3) is 0.484. The van der Waals surface area contributed by atoms with E-state index in [1.165, 1.54) is 69.8 Å². The second-order valence-corrected chi connectivity index (χ2v) is 9.49. The molecule has 3 rings (SSSR count). The largest absolute Gasteiger partial charge is 0.236 e. The van der Waals surface area contributed by atoms with Crippen molar-refractivity contribution in [3.63, 3.8) is 0 Å². The maximum atomic E-state index is 14.8. The van der Waals surface area contributed by atoms with Crippen LogP contribution in [0.15, 0.2) is 54.9 Å². The minimum absolute atomic E-state index is 0.143. The molecular weight excluding hydrogens is 419 g/mol. The van der Waals surface area contributed by atoms with Crippen molar-refractivity contribution >= 4 is 0 Å². The summed E-state index contributed by atoms with van der Waals surface area (Å²) in [7, 11) is 0. The Hall–Kier alpha value is -2.55. The summed E-state index contributed by atoms with van der Waals surface area (Å²) in [6.07, 6.45) is 19.8. The van der Waals surface area contributed by atoms with Crippen molar-refractivity contribution in [2.45, 2.75) is 97.3 Å². The van der Waals surface area contributed by atoms with Crippen LogP contribution in [0.25, 0.3) is 22.5 Å². The quantitative estimate of drug-likeness (QED) is 0.211. The van der Waals surface area contributed by atoms with Crippen molar-refractivity contribution in [3.05, 3.63) is 71.8 Å². The fourth-order valence-electron chi connectivity index (χ4n) is 4.42. The Morgan fingerprint density at radius 2 is 1.12 bits per heavy atom. The Labute approximate surface area is 206 Å². The van der Waals surface area contributed by atoms with E-state index in [2.05, 4.69) is 29.9 Å². The Kier molecular flexibility index (Phi) is 11.2. The van der Waals surface area contributed by atoms with Gasteiger partial charge in [0.05, 0.1) is 0 Å². The molecule has 0 saturated heterocycles. The molecule has 0 N–H and O–H groups in total. The van der Waals surface area contributed by atoms with Gasteiger partial charge < -0.3 is 0 Å². The van der Waals surface area contributed by atoms with E-state index in [4.69, 9.17) is 0 Å². The molecule has 1 heterocycles. The molecule has 2 nitrogen and oxygen atoms in total. The normalized spacial score (nSPS) is 11.1. The smallest absolute Gasteiger partial charge is 0.159 e. The van der Waals surface area contributed by atoms with Crippen LogP contribution in [0.2, 0.25) is 0 Å². The van der Waals surface area contributed by atoms with Crippen LogP contribution in [0.1, 0.15) is 95.6 Å². The number of benzene rings is 2. The average molecular weight is 461 g/mol. The maximum absolute atomic E-state index is 14.8. The topological polar surface area (TPSA) is 25.8 Å². The summed E-state index contributed by atoms with van der Waals surface area (Å²) in [5.74, 6) is 0.576. The average Bonchev–Trinajstić information content (AvgIpc) is 2.87. The molecule has 2 aromatic carbocycles. The van der Waals surface area contributed by atoms with Crippen LogP contribution >= 0.6 is 0 Å². The zero-order chi connectivity index (χ0) is 24.0. The van der Waals surface area contributed by atoms with Gasteiger partial charge in [-0.25, -0.2) is 14.4 Å². The molecule has 0 spiro atoms. The molecule has 0 aliphatic heterocycles. The van der Waals surface area contributed by atoms with Gasteiger partial charge in [-0.3, -0.25) is 0 Å². The number of aryl methyl sites for hydroxylation is 2. The fourth-order valence-corrected chi connectivity index (χ4v) is 4.42. The van der Waals surface area contributed by atoms with Gasteiger partial charge >= 0.3 is 0 Å². The highest BCUT2D eigenvalue weighted by molar-refractivity contribution is 5.68. The second kappa shape index (κ2) is 14.7. The van der Waals surface area contributed by atoms with Crippen molar-refractivity contribution in [1.29, 1.82) is 0 Å². The van der Waals surface area contributed by atoms with Crippen molar-refractivity contribution in [3.8, 4) is 22.5 Å². The van der Waals surface area contributed by atoms with E-state index in [1.54, 1.807) is 6.07 Å². The van der Waals surface area contributed by atoms with Crippen LogP contribution in [-0.4, -0.2) is 9.97 Å². The molecule has 0 unspecified atom stereocenters. The number of rotatable bonds is 15. The summed E-state index contributed by atoms with van der Waals surface area (Å²) in [5.41, 5.74) is 4.78. The summed E-state index contributed by atoms with van der Waals surface area (Å²) in [4.78, 5) is 9.12. The molecule has 0 radical (unpaired) electrons. The van der Waals surface area contributed by atoms with Gasteiger partial charge in [0.15, 0.2) is 5.82 Å². The lowest BCUT2D eigenvalue weighted by Gasteiger charge is -2.08. The highest BCUT2D eigenvalue weighted by Crippen LogP contribution is 2.27. The lowest BCUT2D eigenvalue weighted by atomic mass is 9.99. The molecule has 3 heteroatoms. The van der Waals surface area contributed by atoms with Crippen LogP contribution < -0.4 is 0 Å². The number of hydrogen-bond donors (Lipinski definition) is 0. The minimum Gasteiger partial charge on any atom is -0.236 e. The van der Waals surface area contributed by atoms with Crippen molar-refractivity contribution in [2.24, 2.45) is 0 Å². The first kappa shape index (κ1) is 26.1. The van der Waals surface area contributed by atoms with Gasteiger partial charge in [-0.2, -0.15) is 0 Å². The van der Waals surface area contributed by atoms with Crippen molar-refractivity contribution < 1.29 is 4.39 Å². The summed E-state index contributed by atoms with van der Waals surface area (Å²) in [6.45, 7) is 4.48. The number of nitrogens with zero attached hydrogens (tertiary/aromatic N) is 2. The molecule has 3 aromatic rings. The van der Waals surface area contributed by atoms with E-state index in [-0.39, 0.29) is 5.82 Å². The molecule has 0 aliphatic carbocycles. The molecule has 0 bridgehead atoms. The third kappa shape index (κ3) is 8.34. The zero-order valence-electron chi connectivity index (χ0n) is 21.2. The molecule has 0 amide bonds. The lowest BCUT2D eigenvalue weighted by Crippen LogP contribution is -1.94. The predicted molar refractivity (Wildman–Crippen MR) is 142 cm³/mol. The molecule has 0 fully saturated rings. The third-order valence-corrected chi connectivity index (χ3v) is 6.58. The highest BCUT2D eigenvalue weighted by Gasteiger charge is 2.08. The standard InChI is InChI=1S/C31H41FN2/c1-3-5-7-9-11-12-14-25-16-21-29(30(32)22-25)27-17-19-28(20-18-27)31-33-23-26(24-34-31)15-13-10-8-6-4-2/h16-24H,3-15H2,1-2H3. The number of hydrogen-bond acceptors (Lipinski definition) is 2. The Bertz CT molecular complexity index is 964. The van der Waals surface area contributed by atoms with Crippen LogP contribution in [-0.2, 0) is 12.8 Å². The summed E-state index contributed by atoms with van der Waals surface area (Å²) < 4.78 is 14.8. The Morgan fingerprint density at radius 3 is 1.71 bits per heavy atom. The number of halogens is 1. The molecule has 34 heavy (non-hydrogen) atoms. The molecular formula is C31H41FN2. The molecule has 0 atom stereocenters. The molecule has 0 saturated carbocycles. The van der Waals surface area contributed by atoms with E-state index >= 15 is 0 Å². The van der Waals surface area contributed by atoms with E-state index in [9.17, 15) is 4.39 Å². The minimum atomic E-state index is -0.143. The van der Waals surface area contributed by atoms with Gasteiger partial charge in [-0.05, 0) is 48.4 Å². The van der Waals surface area contributed by atoms with E-state index in [0.717, 1.165) is 41.8 Å². The monoisotopic (exact) mass is 460 g/mol. The first-order valence-corrected chi connectivity index (χ1v) is 13.4. The Balaban J connectivity index is 1.53. The predicted octanol–water partition coefficient (Wildman–Crippen LogP) is 9.37. The van der Waals surface area contributed by atoms with E-state index in [1.807, 2.05) is 42.7 Å². The van der Waals surface area contributed by atoms with Crippen LogP contribution in [0.4, 0.5) is 4.39 Å². The molecule has 0 aliphatic rings.